The van der Waals surface area contributed by atoms with Gasteiger partial charge in [-0.15, -0.1) is 0 Å². The lowest BCUT2D eigenvalue weighted by molar-refractivity contribution is -0.144. The Morgan fingerprint density at radius 2 is 2.05 bits per heavy atom. The van der Waals surface area contributed by atoms with Gasteiger partial charge in [-0.1, -0.05) is 32.8 Å². The number of hydrogen-bond acceptors (Lipinski definition) is 2. The second-order valence-electron chi connectivity index (χ2n) is 5.12. The van der Waals surface area contributed by atoms with E-state index in [1.807, 2.05) is 10.8 Å². The zero-order valence-electron chi connectivity index (χ0n) is 12.4. The van der Waals surface area contributed by atoms with Crippen LogP contribution >= 0.6 is 0 Å². The minimum absolute atomic E-state index is 0.154. The summed E-state index contributed by atoms with van der Waals surface area (Å²) in [6.07, 6.45) is 6.19. The highest BCUT2D eigenvalue weighted by atomic mass is 16.5. The predicted octanol–water partition coefficient (Wildman–Crippen LogP) is 3.94. The Bertz CT molecular complexity index is 571. The van der Waals surface area contributed by atoms with Crippen LogP contribution in [-0.4, -0.2) is 17.1 Å². The summed E-state index contributed by atoms with van der Waals surface area (Å²) in [4.78, 5) is 11.8. The van der Waals surface area contributed by atoms with Crippen LogP contribution in [-0.2, 0) is 22.5 Å². The van der Waals surface area contributed by atoms with Gasteiger partial charge in [0.2, 0.25) is 0 Å². The average Bonchev–Trinajstić information content (AvgIpc) is 2.86. The average molecular weight is 273 g/mol. The number of unbranched alkanes of at least 4 members (excludes halogenated alkanes) is 2. The SMILES string of the molecule is CCCCCOC(=O)Cn1ccc2cc(CC)ccc21. The summed E-state index contributed by atoms with van der Waals surface area (Å²) in [6, 6.07) is 8.43. The van der Waals surface area contributed by atoms with E-state index in [9.17, 15) is 4.79 Å². The number of rotatable bonds is 7. The van der Waals surface area contributed by atoms with Gasteiger partial charge in [0.1, 0.15) is 6.54 Å². The second-order valence-corrected chi connectivity index (χ2v) is 5.12. The van der Waals surface area contributed by atoms with Crippen molar-refractivity contribution in [2.45, 2.75) is 46.1 Å². The first kappa shape index (κ1) is 14.6. The number of nitrogens with zero attached hydrogens (tertiary/aromatic N) is 1. The molecule has 0 aliphatic heterocycles. The molecule has 0 saturated carbocycles. The van der Waals surface area contributed by atoms with Gasteiger partial charge in [-0.3, -0.25) is 4.79 Å². The van der Waals surface area contributed by atoms with Crippen molar-refractivity contribution >= 4 is 16.9 Å². The van der Waals surface area contributed by atoms with Crippen molar-refractivity contribution in [3.63, 3.8) is 0 Å². The van der Waals surface area contributed by atoms with E-state index in [2.05, 4.69) is 38.1 Å². The molecule has 0 aliphatic carbocycles. The number of carbonyl (C=O) groups is 1. The molecule has 0 amide bonds. The first-order valence-corrected chi connectivity index (χ1v) is 7.48. The van der Waals surface area contributed by atoms with Crippen molar-refractivity contribution in [3.05, 3.63) is 36.0 Å². The summed E-state index contributed by atoms with van der Waals surface area (Å²) in [5.74, 6) is -0.154. The molecule has 108 valence electrons. The van der Waals surface area contributed by atoms with Gasteiger partial charge >= 0.3 is 5.97 Å². The molecule has 3 nitrogen and oxygen atoms in total. The Morgan fingerprint density at radius 3 is 2.80 bits per heavy atom. The van der Waals surface area contributed by atoms with Crippen molar-refractivity contribution in [1.82, 2.24) is 4.57 Å². The number of hydrogen-bond donors (Lipinski definition) is 0. The molecule has 0 atom stereocenters. The third-order valence-electron chi connectivity index (χ3n) is 3.55. The fraction of sp³-hybridized carbons (Fsp3) is 0.471. The lowest BCUT2D eigenvalue weighted by Crippen LogP contribution is -2.13. The summed E-state index contributed by atoms with van der Waals surface area (Å²) in [6.45, 7) is 5.11. The van der Waals surface area contributed by atoms with Crippen LogP contribution in [0.1, 0.15) is 38.7 Å². The first-order chi connectivity index (χ1) is 9.74. The van der Waals surface area contributed by atoms with Gasteiger partial charge in [0.15, 0.2) is 0 Å². The van der Waals surface area contributed by atoms with Crippen molar-refractivity contribution in [1.29, 1.82) is 0 Å². The van der Waals surface area contributed by atoms with Crippen LogP contribution in [0.5, 0.6) is 0 Å². The van der Waals surface area contributed by atoms with E-state index in [0.29, 0.717) is 13.2 Å². The van der Waals surface area contributed by atoms with E-state index in [1.54, 1.807) is 0 Å². The normalized spacial score (nSPS) is 10.9. The molecule has 2 aromatic rings. The Kier molecular flexibility index (Phi) is 5.22. The van der Waals surface area contributed by atoms with Crippen LogP contribution in [0, 0.1) is 0 Å². The summed E-state index contributed by atoms with van der Waals surface area (Å²) in [5, 5.41) is 1.18. The van der Waals surface area contributed by atoms with Gasteiger partial charge in [0.25, 0.3) is 0 Å². The molecule has 1 aromatic heterocycles. The highest BCUT2D eigenvalue weighted by Crippen LogP contribution is 2.18. The molecule has 0 radical (unpaired) electrons. The van der Waals surface area contributed by atoms with Crippen LogP contribution in [0.15, 0.2) is 30.5 Å². The highest BCUT2D eigenvalue weighted by Gasteiger charge is 2.07. The minimum Gasteiger partial charge on any atom is -0.464 e. The van der Waals surface area contributed by atoms with E-state index in [-0.39, 0.29) is 5.97 Å². The summed E-state index contributed by atoms with van der Waals surface area (Å²) >= 11 is 0. The Morgan fingerprint density at radius 1 is 1.20 bits per heavy atom. The molecule has 0 unspecified atom stereocenters. The molecule has 20 heavy (non-hydrogen) atoms. The van der Waals surface area contributed by atoms with Crippen molar-refractivity contribution in [2.75, 3.05) is 6.61 Å². The van der Waals surface area contributed by atoms with Crippen LogP contribution in [0.3, 0.4) is 0 Å². The smallest absolute Gasteiger partial charge is 0.325 e. The highest BCUT2D eigenvalue weighted by molar-refractivity contribution is 5.82. The second kappa shape index (κ2) is 7.13. The zero-order valence-corrected chi connectivity index (χ0v) is 12.4. The van der Waals surface area contributed by atoms with Crippen LogP contribution in [0.25, 0.3) is 10.9 Å². The molecule has 1 aromatic carbocycles. The van der Waals surface area contributed by atoms with E-state index < -0.39 is 0 Å². The zero-order chi connectivity index (χ0) is 14.4. The molecule has 0 bridgehead atoms. The van der Waals surface area contributed by atoms with Gasteiger partial charge in [-0.05, 0) is 42.0 Å². The van der Waals surface area contributed by atoms with Gasteiger partial charge < -0.3 is 9.30 Å². The van der Waals surface area contributed by atoms with Crippen LogP contribution < -0.4 is 0 Å². The lowest BCUT2D eigenvalue weighted by Gasteiger charge is -2.07. The summed E-state index contributed by atoms with van der Waals surface area (Å²) < 4.78 is 7.21. The molecule has 2 rings (SSSR count). The fourth-order valence-corrected chi connectivity index (χ4v) is 2.33. The molecule has 0 fully saturated rings. The molecule has 0 saturated heterocycles. The number of aryl methyl sites for hydroxylation is 1. The number of benzene rings is 1. The molecule has 0 aliphatic rings. The largest absolute Gasteiger partial charge is 0.464 e. The summed E-state index contributed by atoms with van der Waals surface area (Å²) in [5.41, 5.74) is 2.41. The van der Waals surface area contributed by atoms with E-state index in [1.165, 1.54) is 10.9 Å². The number of ether oxygens (including phenoxy) is 1. The third kappa shape index (κ3) is 3.62. The lowest BCUT2D eigenvalue weighted by atomic mass is 10.1. The predicted molar refractivity (Wildman–Crippen MR) is 81.8 cm³/mol. The monoisotopic (exact) mass is 273 g/mol. The summed E-state index contributed by atoms with van der Waals surface area (Å²) in [7, 11) is 0. The van der Waals surface area contributed by atoms with E-state index in [4.69, 9.17) is 4.74 Å². The molecule has 0 spiro atoms. The van der Waals surface area contributed by atoms with Crippen molar-refractivity contribution in [2.24, 2.45) is 0 Å². The Labute approximate surface area is 120 Å². The standard InChI is InChI=1S/C17H23NO2/c1-3-5-6-11-20-17(19)13-18-10-9-15-12-14(4-2)7-8-16(15)18/h7-10,12H,3-6,11,13H2,1-2H3. The van der Waals surface area contributed by atoms with Gasteiger partial charge in [0.05, 0.1) is 6.61 Å². The van der Waals surface area contributed by atoms with E-state index in [0.717, 1.165) is 31.2 Å². The number of esters is 1. The van der Waals surface area contributed by atoms with E-state index >= 15 is 0 Å². The van der Waals surface area contributed by atoms with Gasteiger partial charge in [0, 0.05) is 11.7 Å². The number of carbonyl (C=O) groups excluding carboxylic acids is 1. The van der Waals surface area contributed by atoms with Gasteiger partial charge in [-0.2, -0.15) is 0 Å². The van der Waals surface area contributed by atoms with Crippen molar-refractivity contribution in [3.8, 4) is 0 Å². The topological polar surface area (TPSA) is 31.2 Å². The minimum atomic E-state index is -0.154. The van der Waals surface area contributed by atoms with Gasteiger partial charge in [-0.25, -0.2) is 0 Å². The Hall–Kier alpha value is -1.77. The molecule has 0 N–H and O–H groups in total. The third-order valence-corrected chi connectivity index (χ3v) is 3.55. The van der Waals surface area contributed by atoms with Crippen LogP contribution in [0.4, 0.5) is 0 Å². The Balaban J connectivity index is 1.97. The van der Waals surface area contributed by atoms with Crippen molar-refractivity contribution < 1.29 is 9.53 Å². The quantitative estimate of drug-likeness (QED) is 0.565. The molecule has 1 heterocycles. The first-order valence-electron chi connectivity index (χ1n) is 7.48. The fourth-order valence-electron chi connectivity index (χ4n) is 2.33. The maximum atomic E-state index is 11.8. The molecule has 3 heteroatoms. The van der Waals surface area contributed by atoms with Crippen LogP contribution in [0.2, 0.25) is 0 Å². The number of aromatic nitrogens is 1. The maximum Gasteiger partial charge on any atom is 0.325 e. The maximum absolute atomic E-state index is 11.8. The molecular weight excluding hydrogens is 250 g/mol. The molecular formula is C17H23NO2. The number of fused-ring (bicyclic) bond motifs is 1.